The molecule has 0 spiro atoms. The number of alkyl halides is 17. The monoisotopic (exact) mass is 1120 g/mol. The third kappa shape index (κ3) is 26.9. The maximum atomic E-state index is 13.9. The lowest BCUT2D eigenvalue weighted by atomic mass is 9.88. The topological polar surface area (TPSA) is 159 Å². The van der Waals surface area contributed by atoms with Crippen molar-refractivity contribution in [1.29, 1.82) is 0 Å². The summed E-state index contributed by atoms with van der Waals surface area (Å²) in [6.07, 6.45) is -10.5. The van der Waals surface area contributed by atoms with Crippen molar-refractivity contribution < 1.29 is 151 Å². The molecular weight excluding hydrogens is 1060 g/mol. The van der Waals surface area contributed by atoms with E-state index in [1.54, 1.807) is 0 Å². The standard InChI is InChI=1S/C40H65F17O16/c41-33(42,34(43,44)35(45,46)36(47,48)37(49,50)38(51,52)39(53,54)40(55,56)57)1-3-59-5-7-61-9-11-63-13-15-65-17-19-67-21-23-69-25-27-71-29-31-73-32-30-72-28-26-70-24-22-68-20-18-66-16-14-64-12-10-62-8-6-60-4-2-58/h58H,1-32H2. The van der Waals surface area contributed by atoms with E-state index < -0.39 is 73.9 Å². The fourth-order valence-corrected chi connectivity index (χ4v) is 4.80. The van der Waals surface area contributed by atoms with Crippen LogP contribution in [-0.2, 0) is 71.1 Å². The van der Waals surface area contributed by atoms with Crippen LogP contribution in [0.4, 0.5) is 74.6 Å². The van der Waals surface area contributed by atoms with Crippen LogP contribution in [0.15, 0.2) is 0 Å². The van der Waals surface area contributed by atoms with Crippen LogP contribution >= 0.6 is 0 Å². The Labute approximate surface area is 409 Å². The highest BCUT2D eigenvalue weighted by Crippen LogP contribution is 2.64. The molecule has 0 saturated heterocycles. The quantitative estimate of drug-likeness (QED) is 0.0590. The van der Waals surface area contributed by atoms with E-state index in [9.17, 15) is 74.6 Å². The Bertz CT molecular complexity index is 1320. The lowest BCUT2D eigenvalue weighted by Crippen LogP contribution is -2.74. The van der Waals surface area contributed by atoms with Gasteiger partial charge in [-0.2, -0.15) is 74.6 Å². The molecule has 0 aliphatic carbocycles. The van der Waals surface area contributed by atoms with Crippen molar-refractivity contribution in [3.8, 4) is 0 Å². The molecule has 73 heavy (non-hydrogen) atoms. The SMILES string of the molecule is OCCOCCOCCOCCOCCOCCOCCOCCOCCOCCOCCOCCOCCOCCOCCOCCC(F)(F)C(F)(F)C(F)(F)C(F)(F)C(F)(F)C(F)(F)C(F)(F)C(F)(F)F. The first-order chi connectivity index (χ1) is 34.3. The van der Waals surface area contributed by atoms with E-state index in [0.717, 1.165) is 0 Å². The van der Waals surface area contributed by atoms with Gasteiger partial charge in [0.2, 0.25) is 0 Å². The minimum Gasteiger partial charge on any atom is -0.394 e. The van der Waals surface area contributed by atoms with Gasteiger partial charge in [-0.05, 0) is 0 Å². The Morgan fingerprint density at radius 1 is 0.192 bits per heavy atom. The molecule has 16 nitrogen and oxygen atoms in total. The van der Waals surface area contributed by atoms with Gasteiger partial charge in [-0.25, -0.2) is 0 Å². The summed E-state index contributed by atoms with van der Waals surface area (Å²) in [7, 11) is 0. The molecule has 0 radical (unpaired) electrons. The Kier molecular flexibility index (Phi) is 37.7. The number of aliphatic hydroxyl groups excluding tert-OH is 1. The van der Waals surface area contributed by atoms with Crippen LogP contribution < -0.4 is 0 Å². The molecule has 0 aromatic rings. The van der Waals surface area contributed by atoms with Gasteiger partial charge in [0.25, 0.3) is 0 Å². The average Bonchev–Trinajstić information content (AvgIpc) is 3.31. The summed E-state index contributed by atoms with van der Waals surface area (Å²) in [6.45, 7) is 5.61. The third-order valence-corrected chi connectivity index (χ3v) is 8.79. The van der Waals surface area contributed by atoms with Gasteiger partial charge in [-0.1, -0.05) is 0 Å². The molecule has 33 heteroatoms. The molecule has 0 aromatic carbocycles. The van der Waals surface area contributed by atoms with Crippen molar-refractivity contribution in [2.24, 2.45) is 0 Å². The van der Waals surface area contributed by atoms with Crippen molar-refractivity contribution in [3.05, 3.63) is 0 Å². The van der Waals surface area contributed by atoms with E-state index in [2.05, 4.69) is 4.74 Å². The second-order valence-corrected chi connectivity index (χ2v) is 14.3. The van der Waals surface area contributed by atoms with E-state index in [1.165, 1.54) is 0 Å². The zero-order valence-corrected chi connectivity index (χ0v) is 39.6. The third-order valence-electron chi connectivity index (χ3n) is 8.79. The molecule has 0 fully saturated rings. The van der Waals surface area contributed by atoms with E-state index in [1.807, 2.05) is 0 Å². The van der Waals surface area contributed by atoms with Crippen LogP contribution in [-0.4, -0.2) is 258 Å². The highest BCUT2D eigenvalue weighted by atomic mass is 19.4. The number of halogens is 17. The first kappa shape index (κ1) is 71.2. The minimum absolute atomic E-state index is 0.0155. The lowest BCUT2D eigenvalue weighted by Gasteiger charge is -2.42. The molecule has 0 heterocycles. The normalized spacial score (nSPS) is 13.7. The molecule has 1 N–H and O–H groups in total. The summed E-state index contributed by atoms with van der Waals surface area (Å²) in [5.74, 6) is -56.6. The number of hydrogen-bond donors (Lipinski definition) is 1. The second-order valence-electron chi connectivity index (χ2n) is 14.3. The molecule has 0 atom stereocenters. The number of rotatable bonds is 53. The minimum atomic E-state index is -8.67. The summed E-state index contributed by atoms with van der Waals surface area (Å²) in [5.41, 5.74) is 0. The summed E-state index contributed by atoms with van der Waals surface area (Å²) >= 11 is 0. The Hall–Kier alpha value is -1.83. The van der Waals surface area contributed by atoms with Gasteiger partial charge in [-0.3, -0.25) is 0 Å². The predicted octanol–water partition coefficient (Wildman–Crippen LogP) is 5.63. The van der Waals surface area contributed by atoms with E-state index in [0.29, 0.717) is 132 Å². The first-order valence-electron chi connectivity index (χ1n) is 22.3. The molecule has 0 saturated carbocycles. The van der Waals surface area contributed by atoms with Gasteiger partial charge in [0, 0.05) is 6.42 Å². The van der Waals surface area contributed by atoms with Gasteiger partial charge in [-0.15, -0.1) is 0 Å². The highest BCUT2D eigenvalue weighted by Gasteiger charge is 2.95. The van der Waals surface area contributed by atoms with Crippen LogP contribution in [0.3, 0.4) is 0 Å². The van der Waals surface area contributed by atoms with Crippen molar-refractivity contribution in [1.82, 2.24) is 0 Å². The van der Waals surface area contributed by atoms with Crippen LogP contribution in [0.25, 0.3) is 0 Å². The molecule has 0 rings (SSSR count). The molecular formula is C40H65F17O16. The Morgan fingerprint density at radius 3 is 0.521 bits per heavy atom. The number of ether oxygens (including phenoxy) is 15. The van der Waals surface area contributed by atoms with Crippen LogP contribution in [0.5, 0.6) is 0 Å². The molecule has 0 aliphatic heterocycles. The fourth-order valence-electron chi connectivity index (χ4n) is 4.80. The van der Waals surface area contributed by atoms with E-state index in [-0.39, 0.29) is 52.9 Å². The summed E-state index contributed by atoms with van der Waals surface area (Å²) in [4.78, 5) is 0. The largest absolute Gasteiger partial charge is 0.460 e. The van der Waals surface area contributed by atoms with Gasteiger partial charge < -0.3 is 76.2 Å². The van der Waals surface area contributed by atoms with Crippen molar-refractivity contribution in [2.75, 3.05) is 205 Å². The number of aliphatic hydroxyl groups is 1. The zero-order chi connectivity index (χ0) is 55.2. The summed E-state index contributed by atoms with van der Waals surface area (Å²) in [6, 6.07) is 0. The molecule has 0 amide bonds. The Morgan fingerprint density at radius 2 is 0.342 bits per heavy atom. The van der Waals surface area contributed by atoms with Crippen molar-refractivity contribution >= 4 is 0 Å². The zero-order valence-electron chi connectivity index (χ0n) is 39.6. The maximum Gasteiger partial charge on any atom is 0.460 e. The fraction of sp³-hybridized carbons (Fsp3) is 1.00. The molecule has 0 bridgehead atoms. The summed E-state index contributed by atoms with van der Waals surface area (Å²) < 4.78 is 305. The smallest absolute Gasteiger partial charge is 0.394 e. The second kappa shape index (κ2) is 38.7. The summed E-state index contributed by atoms with van der Waals surface area (Å²) in [5, 5.41) is 8.58. The van der Waals surface area contributed by atoms with Gasteiger partial charge >= 0.3 is 47.6 Å². The Balaban J connectivity index is 3.66. The predicted molar refractivity (Wildman–Crippen MR) is 215 cm³/mol. The molecule has 0 aliphatic rings. The lowest BCUT2D eigenvalue weighted by molar-refractivity contribution is -0.462. The van der Waals surface area contributed by atoms with Gasteiger partial charge in [0.05, 0.1) is 205 Å². The van der Waals surface area contributed by atoms with Gasteiger partial charge in [0.15, 0.2) is 0 Å². The first-order valence-corrected chi connectivity index (χ1v) is 22.3. The molecule has 0 aromatic heterocycles. The van der Waals surface area contributed by atoms with Gasteiger partial charge in [0.1, 0.15) is 0 Å². The van der Waals surface area contributed by atoms with Crippen LogP contribution in [0.2, 0.25) is 0 Å². The van der Waals surface area contributed by atoms with Crippen LogP contribution in [0.1, 0.15) is 6.42 Å². The van der Waals surface area contributed by atoms with E-state index >= 15 is 0 Å². The highest BCUT2D eigenvalue weighted by molar-refractivity contribution is 5.15. The maximum absolute atomic E-state index is 13.9. The molecule has 440 valence electrons. The average molecular weight is 1120 g/mol. The van der Waals surface area contributed by atoms with Crippen LogP contribution in [0, 0.1) is 0 Å². The molecule has 0 unspecified atom stereocenters. The van der Waals surface area contributed by atoms with Crippen molar-refractivity contribution in [2.45, 2.75) is 54.1 Å². The van der Waals surface area contributed by atoms with Crippen molar-refractivity contribution in [3.63, 3.8) is 0 Å². The van der Waals surface area contributed by atoms with E-state index in [4.69, 9.17) is 71.4 Å². The number of hydrogen-bond acceptors (Lipinski definition) is 16.